The number of amides is 1. The van der Waals surface area contributed by atoms with Gasteiger partial charge in [0.1, 0.15) is 11.6 Å². The van der Waals surface area contributed by atoms with Gasteiger partial charge in [-0.25, -0.2) is 9.97 Å². The van der Waals surface area contributed by atoms with E-state index in [2.05, 4.69) is 30.5 Å². The molecule has 9 heteroatoms. The molecule has 0 saturated carbocycles. The molecule has 2 aromatic heterocycles. The Balaban J connectivity index is 1.46. The van der Waals surface area contributed by atoms with Gasteiger partial charge in [0.2, 0.25) is 0 Å². The van der Waals surface area contributed by atoms with Gasteiger partial charge >= 0.3 is 0 Å². The molecule has 0 aliphatic carbocycles. The molecular weight excluding hydrogens is 356 g/mol. The van der Waals surface area contributed by atoms with E-state index >= 15 is 0 Å². The summed E-state index contributed by atoms with van der Waals surface area (Å²) in [5.41, 5.74) is 14.1. The van der Waals surface area contributed by atoms with Gasteiger partial charge in [0.05, 0.1) is 23.5 Å². The number of primary amides is 1. The van der Waals surface area contributed by atoms with E-state index in [4.69, 9.17) is 11.5 Å². The first-order valence-corrected chi connectivity index (χ1v) is 8.78. The molecule has 1 saturated heterocycles. The van der Waals surface area contributed by atoms with Crippen molar-refractivity contribution < 1.29 is 4.79 Å². The summed E-state index contributed by atoms with van der Waals surface area (Å²) in [6.07, 6.45) is 6.22. The molecule has 0 atom stereocenters. The molecule has 3 aromatic rings. The number of carbonyl (C=O) groups excluding carboxylic acids is 1. The van der Waals surface area contributed by atoms with Gasteiger partial charge in [-0.05, 0) is 24.3 Å². The number of nitrogens with zero attached hydrogens (tertiary/aromatic N) is 4. The Morgan fingerprint density at radius 2 is 1.86 bits per heavy atom. The van der Waals surface area contributed by atoms with E-state index in [0.717, 1.165) is 24.5 Å². The molecule has 1 fully saturated rings. The first-order chi connectivity index (χ1) is 13.6. The Kier molecular flexibility index (Phi) is 4.63. The molecule has 0 spiro atoms. The van der Waals surface area contributed by atoms with Gasteiger partial charge in [0, 0.05) is 49.1 Å². The van der Waals surface area contributed by atoms with Crippen molar-refractivity contribution in [3.8, 4) is 0 Å². The molecule has 1 amide bonds. The van der Waals surface area contributed by atoms with Gasteiger partial charge in [-0.3, -0.25) is 9.78 Å². The second-order valence-corrected chi connectivity index (χ2v) is 6.53. The average Bonchev–Trinajstić information content (AvgIpc) is 2.66. The maximum atomic E-state index is 11.8. The molecule has 0 unspecified atom stereocenters. The zero-order valence-corrected chi connectivity index (χ0v) is 15.0. The van der Waals surface area contributed by atoms with Crippen molar-refractivity contribution >= 4 is 34.6 Å². The number of benzene rings is 1. The highest BCUT2D eigenvalue weighted by molar-refractivity contribution is 5.98. The molecule has 28 heavy (non-hydrogen) atoms. The van der Waals surface area contributed by atoms with Crippen LogP contribution >= 0.6 is 0 Å². The normalized spacial score (nSPS) is 13.6. The quantitative estimate of drug-likeness (QED) is 0.476. The van der Waals surface area contributed by atoms with Crippen LogP contribution < -0.4 is 27.0 Å². The van der Waals surface area contributed by atoms with Gasteiger partial charge < -0.3 is 27.0 Å². The van der Waals surface area contributed by atoms with Crippen molar-refractivity contribution in [3.63, 3.8) is 0 Å². The summed E-state index contributed by atoms with van der Waals surface area (Å²) in [5, 5.41) is 6.44. The minimum Gasteiger partial charge on any atom is -0.399 e. The Morgan fingerprint density at radius 3 is 2.54 bits per heavy atom. The number of rotatable bonds is 6. The number of anilines is 5. The number of hydrogen-bond donors (Lipinski definition) is 4. The molecule has 0 bridgehead atoms. The van der Waals surface area contributed by atoms with Crippen molar-refractivity contribution in [2.45, 2.75) is 6.04 Å². The van der Waals surface area contributed by atoms with Crippen LogP contribution in [0.1, 0.15) is 10.4 Å². The molecule has 4 rings (SSSR count). The molecule has 0 radical (unpaired) electrons. The Labute approximate surface area is 161 Å². The zero-order chi connectivity index (χ0) is 19.5. The minimum absolute atomic E-state index is 0.183. The number of aromatic nitrogens is 3. The van der Waals surface area contributed by atoms with Crippen LogP contribution in [-0.2, 0) is 0 Å². The van der Waals surface area contributed by atoms with Gasteiger partial charge in [-0.1, -0.05) is 0 Å². The lowest BCUT2D eigenvalue weighted by Gasteiger charge is -2.42. The van der Waals surface area contributed by atoms with E-state index < -0.39 is 5.91 Å². The van der Waals surface area contributed by atoms with Crippen molar-refractivity contribution in [1.29, 1.82) is 0 Å². The summed E-state index contributed by atoms with van der Waals surface area (Å²) in [4.78, 5) is 26.4. The van der Waals surface area contributed by atoms with Crippen molar-refractivity contribution in [2.75, 3.05) is 34.4 Å². The molecule has 6 N–H and O–H groups in total. The molecule has 142 valence electrons. The highest BCUT2D eigenvalue weighted by atomic mass is 16.1. The zero-order valence-electron chi connectivity index (χ0n) is 15.0. The summed E-state index contributed by atoms with van der Waals surface area (Å²) >= 11 is 0. The summed E-state index contributed by atoms with van der Waals surface area (Å²) < 4.78 is 0. The van der Waals surface area contributed by atoms with Crippen LogP contribution in [0.3, 0.4) is 0 Å². The number of carbonyl (C=O) groups is 1. The number of pyridine rings is 1. The van der Waals surface area contributed by atoms with Crippen molar-refractivity contribution in [1.82, 2.24) is 15.0 Å². The molecule has 3 heterocycles. The second-order valence-electron chi connectivity index (χ2n) is 6.53. The highest BCUT2D eigenvalue weighted by Gasteiger charge is 2.28. The van der Waals surface area contributed by atoms with Gasteiger partial charge in [0.25, 0.3) is 5.91 Å². The maximum absolute atomic E-state index is 11.8. The first kappa shape index (κ1) is 17.5. The predicted octanol–water partition coefficient (Wildman–Crippen LogP) is 1.60. The lowest BCUT2D eigenvalue weighted by molar-refractivity contribution is 0.100. The summed E-state index contributed by atoms with van der Waals surface area (Å²) in [7, 11) is 0. The standard InChI is InChI=1S/C19H20N8O/c20-12-1-3-14(4-2-12)27-10-13(11-27)25-16-7-17(24-8-15(16)19(21)28)26-18-9-22-5-6-23-18/h1-9,13H,10-11,20H2,(H2,21,28)(H2,23,24,25,26). The first-order valence-electron chi connectivity index (χ1n) is 8.78. The Hall–Kier alpha value is -3.88. The fourth-order valence-electron chi connectivity index (χ4n) is 3.02. The average molecular weight is 376 g/mol. The highest BCUT2D eigenvalue weighted by Crippen LogP contribution is 2.26. The fraction of sp³-hybridized carbons (Fsp3) is 0.158. The van der Waals surface area contributed by atoms with Crippen LogP contribution in [0.15, 0.2) is 55.1 Å². The molecule has 1 aliphatic rings. The van der Waals surface area contributed by atoms with Crippen molar-refractivity contribution in [3.05, 3.63) is 60.7 Å². The van der Waals surface area contributed by atoms with Crippen LogP contribution in [0.5, 0.6) is 0 Å². The SMILES string of the molecule is NC(=O)c1cnc(Nc2cnccn2)cc1NC1CN(c2ccc(N)cc2)C1. The Morgan fingerprint density at radius 1 is 1.07 bits per heavy atom. The van der Waals surface area contributed by atoms with E-state index in [-0.39, 0.29) is 6.04 Å². The van der Waals surface area contributed by atoms with Crippen LogP contribution in [0.2, 0.25) is 0 Å². The summed E-state index contributed by atoms with van der Waals surface area (Å²) in [6.45, 7) is 1.61. The monoisotopic (exact) mass is 376 g/mol. The predicted molar refractivity (Wildman–Crippen MR) is 109 cm³/mol. The van der Waals surface area contributed by atoms with Crippen molar-refractivity contribution in [2.24, 2.45) is 5.73 Å². The van der Waals surface area contributed by atoms with Crippen LogP contribution in [0, 0.1) is 0 Å². The van der Waals surface area contributed by atoms with Crippen LogP contribution in [0.25, 0.3) is 0 Å². The van der Waals surface area contributed by atoms with E-state index in [1.54, 1.807) is 24.7 Å². The minimum atomic E-state index is -0.532. The molecule has 1 aromatic carbocycles. The van der Waals surface area contributed by atoms with Crippen LogP contribution in [-0.4, -0.2) is 40.0 Å². The third-order valence-corrected chi connectivity index (χ3v) is 4.49. The lowest BCUT2D eigenvalue weighted by Crippen LogP contribution is -2.55. The number of hydrogen-bond acceptors (Lipinski definition) is 8. The van der Waals surface area contributed by atoms with E-state index in [1.807, 2.05) is 24.3 Å². The number of nitrogens with one attached hydrogen (secondary N) is 2. The molecule has 1 aliphatic heterocycles. The van der Waals surface area contributed by atoms with E-state index in [9.17, 15) is 4.79 Å². The summed E-state index contributed by atoms with van der Waals surface area (Å²) in [5.74, 6) is 0.574. The van der Waals surface area contributed by atoms with E-state index in [1.165, 1.54) is 6.20 Å². The maximum Gasteiger partial charge on any atom is 0.252 e. The van der Waals surface area contributed by atoms with Gasteiger partial charge in [-0.2, -0.15) is 0 Å². The topological polar surface area (TPSA) is 135 Å². The van der Waals surface area contributed by atoms with Gasteiger partial charge in [-0.15, -0.1) is 0 Å². The van der Waals surface area contributed by atoms with Crippen LogP contribution in [0.4, 0.5) is 28.7 Å². The number of nitrogens with two attached hydrogens (primary N) is 2. The molecule has 9 nitrogen and oxygen atoms in total. The summed E-state index contributed by atoms with van der Waals surface area (Å²) in [6, 6.07) is 9.69. The van der Waals surface area contributed by atoms with E-state index in [0.29, 0.717) is 22.9 Å². The second kappa shape index (κ2) is 7.39. The fourth-order valence-corrected chi connectivity index (χ4v) is 3.02. The molecular formula is C19H20N8O. The smallest absolute Gasteiger partial charge is 0.252 e. The van der Waals surface area contributed by atoms with Gasteiger partial charge in [0.15, 0.2) is 0 Å². The lowest BCUT2D eigenvalue weighted by atomic mass is 10.1. The third kappa shape index (κ3) is 3.78. The largest absolute Gasteiger partial charge is 0.399 e. The third-order valence-electron chi connectivity index (χ3n) is 4.49. The Bertz CT molecular complexity index is 971. The number of nitrogen functional groups attached to an aromatic ring is 1.